The van der Waals surface area contributed by atoms with Gasteiger partial charge in [0.2, 0.25) is 0 Å². The van der Waals surface area contributed by atoms with Crippen LogP contribution in [-0.2, 0) is 0 Å². The number of hydrogen-bond acceptors (Lipinski definition) is 4. The maximum absolute atomic E-state index is 4.50. The van der Waals surface area contributed by atoms with Gasteiger partial charge in [-0.1, -0.05) is 0 Å². The molecule has 1 aliphatic heterocycles. The first-order valence-electron chi connectivity index (χ1n) is 5.57. The quantitative estimate of drug-likeness (QED) is 0.810. The van der Waals surface area contributed by atoms with E-state index in [9.17, 15) is 0 Å². The average Bonchev–Trinajstić information content (AvgIpc) is 2.39. The van der Waals surface area contributed by atoms with Crippen molar-refractivity contribution in [2.75, 3.05) is 29.5 Å². The summed E-state index contributed by atoms with van der Waals surface area (Å²) in [5, 5.41) is 0. The summed E-state index contributed by atoms with van der Waals surface area (Å²) in [5.41, 5.74) is 3.17. The molecule has 0 radical (unpaired) electrons. The Morgan fingerprint density at radius 3 is 2.88 bits per heavy atom. The molecule has 2 aromatic heterocycles. The van der Waals surface area contributed by atoms with Crippen LogP contribution in [0.1, 0.15) is 0 Å². The number of pyridine rings is 2. The molecule has 1 saturated heterocycles. The molecule has 0 amide bonds. The molecule has 88 valence electrons. The number of halogens is 1. The largest absolute Gasteiger partial charge is 0.368 e. The predicted molar refractivity (Wildman–Crippen MR) is 76.8 cm³/mol. The molecule has 0 saturated carbocycles. The Labute approximate surface area is 113 Å². The van der Waals surface area contributed by atoms with Crippen molar-refractivity contribution in [3.8, 4) is 0 Å². The first-order valence-corrected chi connectivity index (χ1v) is 7.52. The van der Waals surface area contributed by atoms with Crippen LogP contribution in [-0.4, -0.2) is 34.6 Å². The highest BCUT2D eigenvalue weighted by Gasteiger charge is 2.14. The molecule has 0 N–H and O–H groups in total. The number of anilines is 1. The van der Waals surface area contributed by atoms with Gasteiger partial charge < -0.3 is 4.90 Å². The van der Waals surface area contributed by atoms with E-state index in [0.717, 1.165) is 28.6 Å². The van der Waals surface area contributed by atoms with Crippen molar-refractivity contribution in [2.45, 2.75) is 0 Å². The van der Waals surface area contributed by atoms with E-state index in [4.69, 9.17) is 0 Å². The first-order chi connectivity index (χ1) is 8.34. The van der Waals surface area contributed by atoms with Crippen molar-refractivity contribution in [1.29, 1.82) is 0 Å². The Hall–Kier alpha value is -0.810. The lowest BCUT2D eigenvalue weighted by Crippen LogP contribution is -2.32. The summed E-state index contributed by atoms with van der Waals surface area (Å²) in [6.45, 7) is 2.20. The summed E-state index contributed by atoms with van der Waals surface area (Å²) in [7, 11) is 0. The van der Waals surface area contributed by atoms with Gasteiger partial charge in [0.25, 0.3) is 0 Å². The third-order valence-corrected chi connectivity index (χ3v) is 4.25. The summed E-state index contributed by atoms with van der Waals surface area (Å²) in [6, 6.07) is 4.09. The lowest BCUT2D eigenvalue weighted by molar-refractivity contribution is 0.860. The van der Waals surface area contributed by atoms with Gasteiger partial charge >= 0.3 is 0 Å². The summed E-state index contributed by atoms with van der Waals surface area (Å²) in [6.07, 6.45) is 3.71. The normalized spacial score (nSPS) is 16.4. The van der Waals surface area contributed by atoms with E-state index in [2.05, 4.69) is 36.9 Å². The van der Waals surface area contributed by atoms with Gasteiger partial charge in [0.15, 0.2) is 0 Å². The predicted octanol–water partition coefficient (Wildman–Crippen LogP) is 2.95. The zero-order valence-corrected chi connectivity index (χ0v) is 11.7. The smallest absolute Gasteiger partial charge is 0.112 e. The molecule has 0 spiro atoms. The molecule has 0 unspecified atom stereocenters. The second-order valence-electron chi connectivity index (χ2n) is 3.95. The van der Waals surface area contributed by atoms with Crippen LogP contribution in [0.15, 0.2) is 29.0 Å². The lowest BCUT2D eigenvalue weighted by atomic mass is 10.2. The van der Waals surface area contributed by atoms with Crippen molar-refractivity contribution in [2.24, 2.45) is 0 Å². The van der Waals surface area contributed by atoms with Gasteiger partial charge in [-0.3, -0.25) is 9.97 Å². The van der Waals surface area contributed by atoms with E-state index in [1.807, 2.05) is 30.2 Å². The van der Waals surface area contributed by atoms with Gasteiger partial charge in [-0.15, -0.1) is 0 Å². The van der Waals surface area contributed by atoms with E-state index in [1.54, 1.807) is 0 Å². The van der Waals surface area contributed by atoms with Crippen molar-refractivity contribution in [3.05, 3.63) is 29.0 Å². The van der Waals surface area contributed by atoms with Gasteiger partial charge in [-0.25, -0.2) is 0 Å². The van der Waals surface area contributed by atoms with Gasteiger partial charge in [-0.2, -0.15) is 11.8 Å². The summed E-state index contributed by atoms with van der Waals surface area (Å²) in [4.78, 5) is 11.3. The lowest BCUT2D eigenvalue weighted by Gasteiger charge is -2.28. The van der Waals surface area contributed by atoms with E-state index in [0.29, 0.717) is 0 Å². The second-order valence-corrected chi connectivity index (χ2v) is 6.09. The van der Waals surface area contributed by atoms with E-state index < -0.39 is 0 Å². The number of thioether (sulfide) groups is 1. The third-order valence-electron chi connectivity index (χ3n) is 2.87. The zero-order chi connectivity index (χ0) is 11.7. The van der Waals surface area contributed by atoms with Crippen LogP contribution in [0.5, 0.6) is 0 Å². The fourth-order valence-electron chi connectivity index (χ4n) is 2.05. The SMILES string of the molecule is Brc1cnc2c(N3CCSCC3)ccnc2c1. The van der Waals surface area contributed by atoms with Crippen LogP contribution >= 0.6 is 27.7 Å². The Morgan fingerprint density at radius 1 is 1.24 bits per heavy atom. The number of fused-ring (bicyclic) bond motifs is 1. The van der Waals surface area contributed by atoms with Crippen LogP contribution in [0.3, 0.4) is 0 Å². The van der Waals surface area contributed by atoms with Crippen molar-refractivity contribution in [1.82, 2.24) is 9.97 Å². The Morgan fingerprint density at radius 2 is 2.06 bits per heavy atom. The molecule has 0 atom stereocenters. The number of hydrogen-bond donors (Lipinski definition) is 0. The molecule has 3 nitrogen and oxygen atoms in total. The Bertz CT molecular complexity index is 540. The Balaban J connectivity index is 2.09. The van der Waals surface area contributed by atoms with Crippen LogP contribution in [0, 0.1) is 0 Å². The number of rotatable bonds is 1. The molecule has 3 heterocycles. The maximum Gasteiger partial charge on any atom is 0.112 e. The van der Waals surface area contributed by atoms with Crippen molar-refractivity contribution >= 4 is 44.4 Å². The first kappa shape index (κ1) is 11.3. The highest BCUT2D eigenvalue weighted by molar-refractivity contribution is 9.10. The zero-order valence-electron chi connectivity index (χ0n) is 9.27. The molecular formula is C12H12BrN3S. The van der Waals surface area contributed by atoms with Crippen LogP contribution < -0.4 is 4.90 Å². The van der Waals surface area contributed by atoms with Gasteiger partial charge in [0.1, 0.15) is 5.52 Å². The molecule has 17 heavy (non-hydrogen) atoms. The van der Waals surface area contributed by atoms with Crippen LogP contribution in [0.25, 0.3) is 11.0 Å². The van der Waals surface area contributed by atoms with E-state index >= 15 is 0 Å². The third kappa shape index (κ3) is 2.26. The minimum atomic E-state index is 0.954. The van der Waals surface area contributed by atoms with Crippen molar-refractivity contribution in [3.63, 3.8) is 0 Å². The van der Waals surface area contributed by atoms with Crippen molar-refractivity contribution < 1.29 is 0 Å². The second kappa shape index (κ2) is 4.82. The fourth-order valence-corrected chi connectivity index (χ4v) is 3.27. The summed E-state index contributed by atoms with van der Waals surface area (Å²) in [5.74, 6) is 2.39. The van der Waals surface area contributed by atoms with Crippen LogP contribution in [0.2, 0.25) is 0 Å². The summed E-state index contributed by atoms with van der Waals surface area (Å²) < 4.78 is 0.976. The van der Waals surface area contributed by atoms with Gasteiger partial charge in [0, 0.05) is 41.5 Å². The molecule has 0 aliphatic carbocycles. The van der Waals surface area contributed by atoms with E-state index in [1.165, 1.54) is 17.2 Å². The molecule has 1 fully saturated rings. The monoisotopic (exact) mass is 309 g/mol. The minimum absolute atomic E-state index is 0.954. The number of nitrogens with zero attached hydrogens (tertiary/aromatic N) is 3. The molecule has 5 heteroatoms. The standard InChI is InChI=1S/C12H12BrN3S/c13-9-7-10-12(15-8-9)11(1-2-14-10)16-3-5-17-6-4-16/h1-2,7-8H,3-6H2. The Kier molecular flexibility index (Phi) is 3.20. The van der Waals surface area contributed by atoms with E-state index in [-0.39, 0.29) is 0 Å². The topological polar surface area (TPSA) is 29.0 Å². The highest BCUT2D eigenvalue weighted by atomic mass is 79.9. The van der Waals surface area contributed by atoms with Gasteiger partial charge in [-0.05, 0) is 28.1 Å². The summed E-state index contributed by atoms with van der Waals surface area (Å²) >= 11 is 5.45. The number of aromatic nitrogens is 2. The molecule has 3 rings (SSSR count). The van der Waals surface area contributed by atoms with Crippen LogP contribution in [0.4, 0.5) is 5.69 Å². The molecule has 0 aromatic carbocycles. The maximum atomic E-state index is 4.50. The average molecular weight is 310 g/mol. The molecular weight excluding hydrogens is 298 g/mol. The molecule has 2 aromatic rings. The fraction of sp³-hybridized carbons (Fsp3) is 0.333. The minimum Gasteiger partial charge on any atom is -0.368 e. The van der Waals surface area contributed by atoms with Gasteiger partial charge in [0.05, 0.1) is 11.2 Å². The molecule has 1 aliphatic rings. The molecule has 0 bridgehead atoms. The highest BCUT2D eigenvalue weighted by Crippen LogP contribution is 2.27.